The first-order valence-electron chi connectivity index (χ1n) is 5.74. The number of carbonyl (C=O) groups is 1. The molecule has 1 aliphatic carbocycles. The largest absolute Gasteiger partial charge is 0.349 e. The Morgan fingerprint density at radius 2 is 2.22 bits per heavy atom. The van der Waals surface area contributed by atoms with E-state index in [-0.39, 0.29) is 17.3 Å². The number of hydrogen-bond donors (Lipinski definition) is 1. The lowest BCUT2D eigenvalue weighted by molar-refractivity contribution is -0.385. The van der Waals surface area contributed by atoms with Crippen LogP contribution in [0, 0.1) is 21.8 Å². The van der Waals surface area contributed by atoms with Crippen LogP contribution in [0.15, 0.2) is 18.2 Å². The van der Waals surface area contributed by atoms with Crippen molar-refractivity contribution in [1.29, 1.82) is 0 Å². The van der Waals surface area contributed by atoms with Gasteiger partial charge in [-0.3, -0.25) is 14.9 Å². The molecule has 1 unspecified atom stereocenters. The third-order valence-electron chi connectivity index (χ3n) is 3.09. The molecular weight excluding hydrogens is 239 g/mol. The molecular formula is C12H13FN2O3. The molecule has 1 N–H and O–H groups in total. The van der Waals surface area contributed by atoms with Crippen LogP contribution in [0.2, 0.25) is 0 Å². The zero-order chi connectivity index (χ0) is 13.3. The molecule has 0 heterocycles. The van der Waals surface area contributed by atoms with E-state index in [1.807, 2.05) is 6.92 Å². The van der Waals surface area contributed by atoms with E-state index in [0.29, 0.717) is 5.92 Å². The maximum absolute atomic E-state index is 13.1. The van der Waals surface area contributed by atoms with E-state index >= 15 is 0 Å². The van der Waals surface area contributed by atoms with Crippen molar-refractivity contribution < 1.29 is 14.1 Å². The second-order valence-corrected chi connectivity index (χ2v) is 4.52. The lowest BCUT2D eigenvalue weighted by Crippen LogP contribution is -2.34. The van der Waals surface area contributed by atoms with Gasteiger partial charge >= 0.3 is 0 Å². The fraction of sp³-hybridized carbons (Fsp3) is 0.417. The first-order valence-corrected chi connectivity index (χ1v) is 5.74. The highest BCUT2D eigenvalue weighted by Crippen LogP contribution is 2.32. The Balaban J connectivity index is 2.22. The van der Waals surface area contributed by atoms with E-state index in [9.17, 15) is 19.3 Å². The number of hydrogen-bond acceptors (Lipinski definition) is 3. The minimum absolute atomic E-state index is 0.0413. The Bertz CT molecular complexity index is 500. The zero-order valence-electron chi connectivity index (χ0n) is 9.85. The van der Waals surface area contributed by atoms with E-state index in [2.05, 4.69) is 5.32 Å². The van der Waals surface area contributed by atoms with E-state index in [1.165, 1.54) is 0 Å². The predicted octanol–water partition coefficient (Wildman–Crippen LogP) is 2.26. The highest BCUT2D eigenvalue weighted by Gasteiger charge is 2.30. The van der Waals surface area contributed by atoms with Crippen LogP contribution in [0.4, 0.5) is 10.1 Å². The van der Waals surface area contributed by atoms with E-state index < -0.39 is 16.6 Å². The summed E-state index contributed by atoms with van der Waals surface area (Å²) in [5, 5.41) is 13.4. The Morgan fingerprint density at radius 1 is 1.56 bits per heavy atom. The van der Waals surface area contributed by atoms with Gasteiger partial charge in [0.15, 0.2) is 0 Å². The quantitative estimate of drug-likeness (QED) is 0.660. The number of nitrogens with one attached hydrogen (secondary N) is 1. The first-order chi connectivity index (χ1) is 8.49. The van der Waals surface area contributed by atoms with Crippen LogP contribution in [-0.4, -0.2) is 16.9 Å². The summed E-state index contributed by atoms with van der Waals surface area (Å²) in [5.74, 6) is -0.827. The molecule has 1 amide bonds. The number of amides is 1. The van der Waals surface area contributed by atoms with E-state index in [0.717, 1.165) is 31.0 Å². The molecule has 0 spiro atoms. The van der Waals surface area contributed by atoms with Gasteiger partial charge in [0, 0.05) is 12.1 Å². The third-order valence-corrected chi connectivity index (χ3v) is 3.09. The molecule has 96 valence electrons. The molecule has 0 aromatic heterocycles. The molecule has 1 aromatic rings. The van der Waals surface area contributed by atoms with Crippen molar-refractivity contribution in [3.63, 3.8) is 0 Å². The van der Waals surface area contributed by atoms with E-state index in [4.69, 9.17) is 0 Å². The smallest absolute Gasteiger partial charge is 0.282 e. The molecule has 1 aliphatic rings. The van der Waals surface area contributed by atoms with Crippen molar-refractivity contribution in [3.05, 3.63) is 39.7 Å². The molecule has 0 bridgehead atoms. The fourth-order valence-corrected chi connectivity index (χ4v) is 1.85. The van der Waals surface area contributed by atoms with Crippen molar-refractivity contribution in [2.24, 2.45) is 5.92 Å². The average molecular weight is 252 g/mol. The van der Waals surface area contributed by atoms with Crippen molar-refractivity contribution in [2.45, 2.75) is 25.8 Å². The molecule has 1 fully saturated rings. The first kappa shape index (κ1) is 12.5. The number of carbonyl (C=O) groups excluding carboxylic acids is 1. The van der Waals surface area contributed by atoms with Crippen molar-refractivity contribution in [1.82, 2.24) is 5.32 Å². The second kappa shape index (κ2) is 4.72. The van der Waals surface area contributed by atoms with Crippen LogP contribution in [0.5, 0.6) is 0 Å². The Morgan fingerprint density at radius 3 is 2.78 bits per heavy atom. The molecule has 2 rings (SSSR count). The highest BCUT2D eigenvalue weighted by atomic mass is 19.1. The number of nitro groups is 1. The summed E-state index contributed by atoms with van der Waals surface area (Å²) < 4.78 is 13.1. The van der Waals surface area contributed by atoms with Crippen LogP contribution >= 0.6 is 0 Å². The SMILES string of the molecule is CC(NC(=O)c1cc(F)ccc1[N+](=O)[O-])C1CC1. The topological polar surface area (TPSA) is 72.2 Å². The minimum atomic E-state index is -0.684. The maximum Gasteiger partial charge on any atom is 0.282 e. The summed E-state index contributed by atoms with van der Waals surface area (Å²) in [6, 6.07) is 2.83. The molecule has 1 saturated carbocycles. The normalized spacial score (nSPS) is 16.1. The summed E-state index contributed by atoms with van der Waals surface area (Å²) in [6.07, 6.45) is 2.10. The van der Waals surface area contributed by atoms with Gasteiger partial charge in [0.25, 0.3) is 11.6 Å². The van der Waals surface area contributed by atoms with Gasteiger partial charge < -0.3 is 5.32 Å². The van der Waals surface area contributed by atoms with Crippen LogP contribution < -0.4 is 5.32 Å². The lowest BCUT2D eigenvalue weighted by Gasteiger charge is -2.12. The van der Waals surface area contributed by atoms with Gasteiger partial charge in [-0.05, 0) is 37.8 Å². The zero-order valence-corrected chi connectivity index (χ0v) is 9.85. The molecule has 6 heteroatoms. The third kappa shape index (κ3) is 2.64. The van der Waals surface area contributed by atoms with Gasteiger partial charge in [-0.2, -0.15) is 0 Å². The van der Waals surface area contributed by atoms with E-state index in [1.54, 1.807) is 0 Å². The highest BCUT2D eigenvalue weighted by molar-refractivity contribution is 5.98. The lowest BCUT2D eigenvalue weighted by atomic mass is 10.1. The number of halogens is 1. The van der Waals surface area contributed by atoms with Crippen LogP contribution in [-0.2, 0) is 0 Å². The number of nitrogens with zero attached hydrogens (tertiary/aromatic N) is 1. The standard InChI is InChI=1S/C12H13FN2O3/c1-7(8-2-3-8)14-12(16)10-6-9(13)4-5-11(10)15(17)18/h4-8H,2-3H2,1H3,(H,14,16). The van der Waals surface area contributed by atoms with Gasteiger partial charge in [-0.15, -0.1) is 0 Å². The second-order valence-electron chi connectivity index (χ2n) is 4.52. The summed E-state index contributed by atoms with van der Waals surface area (Å²) in [5.41, 5.74) is -0.607. The van der Waals surface area contributed by atoms with Gasteiger partial charge in [0.2, 0.25) is 0 Å². The predicted molar refractivity (Wildman–Crippen MR) is 62.7 cm³/mol. The molecule has 0 aliphatic heterocycles. The Kier molecular flexibility index (Phi) is 3.27. The molecule has 18 heavy (non-hydrogen) atoms. The van der Waals surface area contributed by atoms with Crippen LogP contribution in [0.25, 0.3) is 0 Å². The van der Waals surface area contributed by atoms with Crippen molar-refractivity contribution in [2.75, 3.05) is 0 Å². The van der Waals surface area contributed by atoms with Crippen LogP contribution in [0.3, 0.4) is 0 Å². The molecule has 5 nitrogen and oxygen atoms in total. The molecule has 1 atom stereocenters. The summed E-state index contributed by atoms with van der Waals surface area (Å²) in [6.45, 7) is 1.85. The molecule has 0 saturated heterocycles. The minimum Gasteiger partial charge on any atom is -0.349 e. The van der Waals surface area contributed by atoms with Crippen molar-refractivity contribution in [3.8, 4) is 0 Å². The Labute approximate surface area is 103 Å². The number of benzene rings is 1. The summed E-state index contributed by atoms with van der Waals surface area (Å²) >= 11 is 0. The van der Waals surface area contributed by atoms with Gasteiger partial charge in [0.05, 0.1) is 4.92 Å². The molecule has 1 aromatic carbocycles. The fourth-order valence-electron chi connectivity index (χ4n) is 1.85. The number of rotatable bonds is 4. The molecule has 0 radical (unpaired) electrons. The van der Waals surface area contributed by atoms with Crippen molar-refractivity contribution >= 4 is 11.6 Å². The summed E-state index contributed by atoms with van der Waals surface area (Å²) in [4.78, 5) is 22.0. The van der Waals surface area contributed by atoms with Crippen LogP contribution in [0.1, 0.15) is 30.1 Å². The van der Waals surface area contributed by atoms with Gasteiger partial charge in [-0.1, -0.05) is 0 Å². The van der Waals surface area contributed by atoms with Gasteiger partial charge in [0.1, 0.15) is 11.4 Å². The monoisotopic (exact) mass is 252 g/mol. The number of nitro benzene ring substituents is 1. The maximum atomic E-state index is 13.1. The average Bonchev–Trinajstić information content (AvgIpc) is 3.11. The summed E-state index contributed by atoms with van der Waals surface area (Å²) in [7, 11) is 0. The Hall–Kier alpha value is -1.98. The van der Waals surface area contributed by atoms with Gasteiger partial charge in [-0.25, -0.2) is 4.39 Å².